The number of nitrogens with two attached hydrogens (primary N) is 1. The molecule has 0 aliphatic carbocycles. The van der Waals surface area contributed by atoms with E-state index in [-0.39, 0.29) is 34.3 Å². The molecule has 1 aromatic carbocycles. The average Bonchev–Trinajstić information content (AvgIpc) is 2.95. The third-order valence-electron chi connectivity index (χ3n) is 5.50. The quantitative estimate of drug-likeness (QED) is 0.590. The van der Waals surface area contributed by atoms with E-state index >= 15 is 0 Å². The van der Waals surface area contributed by atoms with E-state index in [1.165, 1.54) is 25.3 Å². The third-order valence-corrected chi connectivity index (χ3v) is 5.88. The minimum atomic E-state index is -4.66. The molecule has 0 atom stereocenters. The molecule has 2 aliphatic rings. The zero-order valence-corrected chi connectivity index (χ0v) is 18.6. The molecular formula is C23H18ClF3N6O. The third kappa shape index (κ3) is 3.79. The molecule has 0 fully saturated rings. The number of benzene rings is 1. The van der Waals surface area contributed by atoms with Gasteiger partial charge < -0.3 is 20.7 Å². The highest BCUT2D eigenvalue weighted by atomic mass is 35.5. The highest BCUT2D eigenvalue weighted by Gasteiger charge is 2.38. The van der Waals surface area contributed by atoms with Crippen LogP contribution in [0.25, 0.3) is 17.1 Å². The van der Waals surface area contributed by atoms with Crippen LogP contribution >= 0.6 is 11.6 Å². The van der Waals surface area contributed by atoms with Crippen molar-refractivity contribution in [1.82, 2.24) is 20.2 Å². The van der Waals surface area contributed by atoms with E-state index in [0.717, 1.165) is 5.56 Å². The van der Waals surface area contributed by atoms with Crippen LogP contribution in [-0.2, 0) is 12.7 Å². The topological polar surface area (TPSA) is 88.7 Å². The van der Waals surface area contributed by atoms with E-state index in [9.17, 15) is 13.2 Å². The molecule has 0 spiro atoms. The number of anilines is 1. The molecule has 4 heterocycles. The number of hydrogen-bond donors (Lipinski definition) is 2. The summed E-state index contributed by atoms with van der Waals surface area (Å²) in [6.07, 6.45) is 1.95. The normalized spacial score (nSPS) is 14.6. The number of rotatable bonds is 3. The number of alkyl halides is 3. The minimum absolute atomic E-state index is 0.0348. The maximum Gasteiger partial charge on any atom is 0.418 e. The molecule has 3 N–H and O–H groups in total. The van der Waals surface area contributed by atoms with Crippen LogP contribution < -0.4 is 26.4 Å². The molecule has 174 valence electrons. The Hall–Kier alpha value is -3.79. The summed E-state index contributed by atoms with van der Waals surface area (Å²) in [5, 5.41) is 4.11. The molecule has 0 radical (unpaired) electrons. The van der Waals surface area contributed by atoms with Crippen molar-refractivity contribution in [2.24, 2.45) is 4.99 Å². The lowest BCUT2D eigenvalue weighted by Gasteiger charge is -2.25. The van der Waals surface area contributed by atoms with E-state index in [1.54, 1.807) is 18.6 Å². The SMILES string of the molecule is Cc1cc(N)nc(-c2cc3c4c(c2Cl)=NCNC=4N(Cc2cccnc2)C=CO3)c1C(F)(F)F. The first-order valence-electron chi connectivity index (χ1n) is 10.2. The maximum absolute atomic E-state index is 14.0. The number of aromatic nitrogens is 2. The number of aryl methyl sites for hydroxylation is 1. The molecule has 0 unspecified atom stereocenters. The standard InChI is InChI=1S/C23H18ClF3N6O/c1-12-7-16(28)32-20(18(12)23(25,26)27)14-8-15-17-21(19(14)24)30-11-31-22(17)33(5-6-34-15)10-13-3-2-4-29-9-13/h2-9,31H,10-11H2,1H3,(H2,28,32). The van der Waals surface area contributed by atoms with Crippen LogP contribution in [0.5, 0.6) is 5.75 Å². The van der Waals surface area contributed by atoms with Crippen molar-refractivity contribution < 1.29 is 17.9 Å². The Labute approximate surface area is 197 Å². The van der Waals surface area contributed by atoms with Crippen molar-refractivity contribution in [2.75, 3.05) is 12.4 Å². The predicted molar refractivity (Wildman–Crippen MR) is 121 cm³/mol. The van der Waals surface area contributed by atoms with Gasteiger partial charge >= 0.3 is 6.18 Å². The Kier molecular flexibility index (Phi) is 5.32. The molecule has 0 bridgehead atoms. The Bertz CT molecular complexity index is 1440. The van der Waals surface area contributed by atoms with Crippen LogP contribution in [0.2, 0.25) is 5.02 Å². The number of hydrogen-bond acceptors (Lipinski definition) is 7. The molecule has 11 heteroatoms. The van der Waals surface area contributed by atoms with Gasteiger partial charge in [-0.3, -0.25) is 9.98 Å². The summed E-state index contributed by atoms with van der Waals surface area (Å²) in [7, 11) is 0. The molecule has 2 aliphatic heterocycles. The summed E-state index contributed by atoms with van der Waals surface area (Å²) in [6.45, 7) is 1.99. The van der Waals surface area contributed by atoms with Crippen molar-refractivity contribution in [3.8, 4) is 17.0 Å². The van der Waals surface area contributed by atoms with Gasteiger partial charge in [-0.2, -0.15) is 13.2 Å². The van der Waals surface area contributed by atoms with Gasteiger partial charge in [0.25, 0.3) is 0 Å². The lowest BCUT2D eigenvalue weighted by Crippen LogP contribution is -2.43. The highest BCUT2D eigenvalue weighted by Crippen LogP contribution is 2.41. The lowest BCUT2D eigenvalue weighted by molar-refractivity contribution is -0.137. The van der Waals surface area contributed by atoms with Gasteiger partial charge in [-0.15, -0.1) is 0 Å². The summed E-state index contributed by atoms with van der Waals surface area (Å²) in [4.78, 5) is 14.5. The van der Waals surface area contributed by atoms with Crippen LogP contribution in [0.15, 0.2) is 54.1 Å². The number of halogens is 4. The van der Waals surface area contributed by atoms with Gasteiger partial charge in [-0.25, -0.2) is 4.98 Å². The zero-order valence-electron chi connectivity index (χ0n) is 17.8. The van der Waals surface area contributed by atoms with Gasteiger partial charge in [0.05, 0.1) is 33.4 Å². The maximum atomic E-state index is 14.0. The Balaban J connectivity index is 1.75. The molecule has 0 amide bonds. The van der Waals surface area contributed by atoms with E-state index in [1.807, 2.05) is 17.0 Å². The molecule has 7 nitrogen and oxygen atoms in total. The number of nitrogen functional groups attached to an aromatic ring is 1. The van der Waals surface area contributed by atoms with Gasteiger partial charge in [0.1, 0.15) is 30.3 Å². The van der Waals surface area contributed by atoms with Crippen molar-refractivity contribution in [2.45, 2.75) is 19.6 Å². The summed E-state index contributed by atoms with van der Waals surface area (Å²) in [5.74, 6) is 0.911. The first kappa shape index (κ1) is 22.0. The van der Waals surface area contributed by atoms with Crippen LogP contribution in [0, 0.1) is 6.92 Å². The molecular weight excluding hydrogens is 469 g/mol. The van der Waals surface area contributed by atoms with E-state index in [2.05, 4.69) is 20.3 Å². The van der Waals surface area contributed by atoms with Crippen molar-refractivity contribution in [3.63, 3.8) is 0 Å². The van der Waals surface area contributed by atoms with Crippen molar-refractivity contribution in [1.29, 1.82) is 0 Å². The van der Waals surface area contributed by atoms with Crippen LogP contribution in [0.1, 0.15) is 16.7 Å². The van der Waals surface area contributed by atoms with Crippen molar-refractivity contribution >= 4 is 23.2 Å². The second-order valence-corrected chi connectivity index (χ2v) is 8.16. The van der Waals surface area contributed by atoms with Crippen LogP contribution in [0.4, 0.5) is 19.0 Å². The Morgan fingerprint density at radius 1 is 1.29 bits per heavy atom. The Morgan fingerprint density at radius 2 is 2.12 bits per heavy atom. The number of pyridine rings is 2. The van der Waals surface area contributed by atoms with Crippen LogP contribution in [0.3, 0.4) is 0 Å². The number of nitrogens with zero attached hydrogens (tertiary/aromatic N) is 4. The largest absolute Gasteiger partial charge is 0.463 e. The predicted octanol–water partition coefficient (Wildman–Crippen LogP) is 3.32. The average molecular weight is 487 g/mol. The number of ether oxygens (including phenoxy) is 1. The van der Waals surface area contributed by atoms with Gasteiger partial charge in [-0.1, -0.05) is 17.7 Å². The fraction of sp³-hybridized carbons (Fsp3) is 0.174. The smallest absolute Gasteiger partial charge is 0.418 e. The van der Waals surface area contributed by atoms with Gasteiger partial charge in [0, 0.05) is 24.2 Å². The van der Waals surface area contributed by atoms with E-state index in [4.69, 9.17) is 22.1 Å². The number of nitrogens with one attached hydrogen (secondary N) is 1. The molecule has 3 aromatic rings. The molecule has 2 aromatic heterocycles. The first-order valence-corrected chi connectivity index (χ1v) is 10.6. The Morgan fingerprint density at radius 3 is 2.85 bits per heavy atom. The van der Waals surface area contributed by atoms with E-state index < -0.39 is 11.7 Å². The first-order chi connectivity index (χ1) is 16.2. The zero-order chi connectivity index (χ0) is 24.0. The van der Waals surface area contributed by atoms with Gasteiger partial charge in [0.15, 0.2) is 0 Å². The second-order valence-electron chi connectivity index (χ2n) is 7.78. The van der Waals surface area contributed by atoms with Crippen molar-refractivity contribution in [3.05, 3.63) is 81.4 Å². The molecule has 0 saturated carbocycles. The lowest BCUT2D eigenvalue weighted by atomic mass is 9.99. The second kappa shape index (κ2) is 8.21. The monoisotopic (exact) mass is 486 g/mol. The fourth-order valence-corrected chi connectivity index (χ4v) is 4.41. The molecule has 34 heavy (non-hydrogen) atoms. The molecule has 0 saturated heterocycles. The summed E-state index contributed by atoms with van der Waals surface area (Å²) in [6, 6.07) is 6.40. The van der Waals surface area contributed by atoms with E-state index in [0.29, 0.717) is 28.7 Å². The summed E-state index contributed by atoms with van der Waals surface area (Å²) < 4.78 is 47.7. The van der Waals surface area contributed by atoms with Gasteiger partial charge in [-0.05, 0) is 36.2 Å². The fourth-order valence-electron chi connectivity index (χ4n) is 4.11. The van der Waals surface area contributed by atoms with Gasteiger partial charge in [0.2, 0.25) is 0 Å². The summed E-state index contributed by atoms with van der Waals surface area (Å²) in [5.41, 5.74) is 5.47. The minimum Gasteiger partial charge on any atom is -0.463 e. The van der Waals surface area contributed by atoms with Crippen LogP contribution in [-0.4, -0.2) is 21.5 Å². The molecule has 5 rings (SSSR count). The highest BCUT2D eigenvalue weighted by molar-refractivity contribution is 6.33. The summed E-state index contributed by atoms with van der Waals surface area (Å²) >= 11 is 6.68.